The fourth-order valence-corrected chi connectivity index (χ4v) is 3.82. The first-order valence-electron chi connectivity index (χ1n) is 9.84. The molecule has 1 fully saturated rings. The lowest BCUT2D eigenvalue weighted by Gasteiger charge is -2.29. The van der Waals surface area contributed by atoms with Gasteiger partial charge in [-0.1, -0.05) is 29.4 Å². The molecule has 1 aliphatic rings. The van der Waals surface area contributed by atoms with Crippen LogP contribution < -0.4 is 10.2 Å². The Morgan fingerprint density at radius 2 is 1.73 bits per heavy atom. The van der Waals surface area contributed by atoms with Gasteiger partial charge in [-0.15, -0.1) is 0 Å². The highest BCUT2D eigenvalue weighted by atomic mass is 19.2. The van der Waals surface area contributed by atoms with Gasteiger partial charge in [-0.05, 0) is 29.8 Å². The minimum absolute atomic E-state index is 0.120. The standard InChI is InChI=1S/C23H20F2N4O/c24-20-3-1-2-18(22(20)25)19-14-28-30-23(19)16-12-21(27-13-16)15-4-6-17(7-5-15)29-10-8-26-9-11-29/h1-7,12-14,26-27H,8-11H2. The number of nitrogens with zero attached hydrogens (tertiary/aromatic N) is 2. The van der Waals surface area contributed by atoms with Crippen LogP contribution in [0.5, 0.6) is 0 Å². The van der Waals surface area contributed by atoms with Crippen LogP contribution in [0.15, 0.2) is 65.4 Å². The van der Waals surface area contributed by atoms with E-state index in [4.69, 9.17) is 4.52 Å². The van der Waals surface area contributed by atoms with Gasteiger partial charge in [0, 0.05) is 54.9 Å². The lowest BCUT2D eigenvalue weighted by Crippen LogP contribution is -2.43. The molecule has 152 valence electrons. The summed E-state index contributed by atoms with van der Waals surface area (Å²) >= 11 is 0. The quantitative estimate of drug-likeness (QED) is 0.516. The second kappa shape index (κ2) is 7.76. The highest BCUT2D eigenvalue weighted by Crippen LogP contribution is 2.36. The number of rotatable bonds is 4. The molecule has 3 heterocycles. The van der Waals surface area contributed by atoms with Crippen LogP contribution in [0.3, 0.4) is 0 Å². The average molecular weight is 406 g/mol. The van der Waals surface area contributed by atoms with Crippen molar-refractivity contribution in [3.05, 3.63) is 72.6 Å². The van der Waals surface area contributed by atoms with E-state index < -0.39 is 11.6 Å². The third-order valence-electron chi connectivity index (χ3n) is 5.42. The van der Waals surface area contributed by atoms with Gasteiger partial charge in [0.15, 0.2) is 17.4 Å². The Morgan fingerprint density at radius 3 is 2.53 bits per heavy atom. The molecule has 7 heteroatoms. The molecule has 30 heavy (non-hydrogen) atoms. The van der Waals surface area contributed by atoms with Gasteiger partial charge in [-0.25, -0.2) is 8.78 Å². The Kier molecular flexibility index (Phi) is 4.80. The predicted octanol–water partition coefficient (Wildman–Crippen LogP) is 4.69. The third kappa shape index (κ3) is 3.37. The van der Waals surface area contributed by atoms with Crippen molar-refractivity contribution in [2.45, 2.75) is 0 Å². The summed E-state index contributed by atoms with van der Waals surface area (Å²) in [6.07, 6.45) is 3.18. The van der Waals surface area contributed by atoms with Crippen molar-refractivity contribution >= 4 is 5.69 Å². The molecule has 0 unspecified atom stereocenters. The number of aromatic amines is 1. The van der Waals surface area contributed by atoms with Crippen LogP contribution in [0.25, 0.3) is 33.7 Å². The van der Waals surface area contributed by atoms with Gasteiger partial charge in [0.1, 0.15) is 0 Å². The Labute approximate surface area is 172 Å². The second-order valence-electron chi connectivity index (χ2n) is 7.26. The predicted molar refractivity (Wildman–Crippen MR) is 112 cm³/mol. The minimum atomic E-state index is -0.916. The van der Waals surface area contributed by atoms with Crippen LogP contribution in [-0.4, -0.2) is 36.3 Å². The average Bonchev–Trinajstić information content (AvgIpc) is 3.46. The van der Waals surface area contributed by atoms with E-state index in [0.717, 1.165) is 43.5 Å². The van der Waals surface area contributed by atoms with E-state index in [1.54, 1.807) is 6.20 Å². The molecule has 2 aromatic heterocycles. The monoisotopic (exact) mass is 406 g/mol. The minimum Gasteiger partial charge on any atom is -0.369 e. The topological polar surface area (TPSA) is 57.1 Å². The van der Waals surface area contributed by atoms with E-state index in [0.29, 0.717) is 16.9 Å². The smallest absolute Gasteiger partial charge is 0.176 e. The summed E-state index contributed by atoms with van der Waals surface area (Å²) in [7, 11) is 0. The van der Waals surface area contributed by atoms with E-state index in [1.807, 2.05) is 6.07 Å². The molecule has 4 aromatic rings. The van der Waals surface area contributed by atoms with Gasteiger partial charge < -0.3 is 19.7 Å². The fraction of sp³-hybridized carbons (Fsp3) is 0.174. The Bertz CT molecular complexity index is 1160. The van der Waals surface area contributed by atoms with E-state index in [-0.39, 0.29) is 5.56 Å². The first-order valence-corrected chi connectivity index (χ1v) is 9.84. The summed E-state index contributed by atoms with van der Waals surface area (Å²) < 4.78 is 33.3. The molecule has 2 N–H and O–H groups in total. The van der Waals surface area contributed by atoms with Crippen LogP contribution in [0, 0.1) is 11.6 Å². The number of halogens is 2. The zero-order valence-electron chi connectivity index (χ0n) is 16.2. The third-order valence-corrected chi connectivity index (χ3v) is 5.42. The summed E-state index contributed by atoms with van der Waals surface area (Å²) in [5.41, 5.74) is 4.37. The molecule has 0 bridgehead atoms. The van der Waals surface area contributed by atoms with Gasteiger partial charge in [0.2, 0.25) is 0 Å². The summed E-state index contributed by atoms with van der Waals surface area (Å²) in [5, 5.41) is 7.16. The highest BCUT2D eigenvalue weighted by Gasteiger charge is 2.19. The first-order chi connectivity index (χ1) is 14.7. The van der Waals surface area contributed by atoms with Gasteiger partial charge in [-0.2, -0.15) is 0 Å². The van der Waals surface area contributed by atoms with Crippen molar-refractivity contribution in [1.29, 1.82) is 0 Å². The number of nitrogens with one attached hydrogen (secondary N) is 2. The maximum atomic E-state index is 14.3. The second-order valence-corrected chi connectivity index (χ2v) is 7.26. The number of aromatic nitrogens is 2. The maximum Gasteiger partial charge on any atom is 0.176 e. The van der Waals surface area contributed by atoms with E-state index in [2.05, 4.69) is 44.6 Å². The van der Waals surface area contributed by atoms with Crippen molar-refractivity contribution < 1.29 is 13.3 Å². The van der Waals surface area contributed by atoms with Crippen LogP contribution >= 0.6 is 0 Å². The molecule has 0 aliphatic carbocycles. The normalized spacial score (nSPS) is 14.3. The molecule has 5 rings (SSSR count). The van der Waals surface area contributed by atoms with E-state index >= 15 is 0 Å². The van der Waals surface area contributed by atoms with E-state index in [1.165, 1.54) is 24.0 Å². The highest BCUT2D eigenvalue weighted by molar-refractivity contribution is 5.81. The van der Waals surface area contributed by atoms with Crippen molar-refractivity contribution in [3.8, 4) is 33.7 Å². The largest absolute Gasteiger partial charge is 0.369 e. The molecule has 0 atom stereocenters. The molecule has 0 amide bonds. The Balaban J connectivity index is 1.43. The summed E-state index contributed by atoms with van der Waals surface area (Å²) in [6, 6.07) is 14.3. The van der Waals surface area contributed by atoms with Gasteiger partial charge in [0.05, 0.1) is 11.8 Å². The number of hydrogen-bond donors (Lipinski definition) is 2. The van der Waals surface area contributed by atoms with Crippen LogP contribution in [-0.2, 0) is 0 Å². The molecule has 0 spiro atoms. The molecule has 0 radical (unpaired) electrons. The number of benzene rings is 2. The number of H-pyrrole nitrogens is 1. The summed E-state index contributed by atoms with van der Waals surface area (Å²) in [5.74, 6) is -1.43. The van der Waals surface area contributed by atoms with Crippen molar-refractivity contribution in [1.82, 2.24) is 15.5 Å². The van der Waals surface area contributed by atoms with Gasteiger partial charge in [-0.3, -0.25) is 0 Å². The van der Waals surface area contributed by atoms with Crippen molar-refractivity contribution in [2.24, 2.45) is 0 Å². The number of hydrogen-bond acceptors (Lipinski definition) is 4. The molecule has 5 nitrogen and oxygen atoms in total. The zero-order chi connectivity index (χ0) is 20.5. The number of anilines is 1. The molecule has 1 aliphatic heterocycles. The number of piperazine rings is 1. The van der Waals surface area contributed by atoms with Crippen LogP contribution in [0.4, 0.5) is 14.5 Å². The fourth-order valence-electron chi connectivity index (χ4n) is 3.82. The van der Waals surface area contributed by atoms with Crippen molar-refractivity contribution in [2.75, 3.05) is 31.1 Å². The van der Waals surface area contributed by atoms with Crippen LogP contribution in [0.2, 0.25) is 0 Å². The molecule has 2 aromatic carbocycles. The molecule has 1 saturated heterocycles. The SMILES string of the molecule is Fc1cccc(-c2cnoc2-c2c[nH]c(-c3ccc(N4CCNCC4)cc3)c2)c1F. The van der Waals surface area contributed by atoms with Crippen molar-refractivity contribution in [3.63, 3.8) is 0 Å². The first kappa shape index (κ1) is 18.6. The Morgan fingerprint density at radius 1 is 0.933 bits per heavy atom. The van der Waals surface area contributed by atoms with Crippen LogP contribution in [0.1, 0.15) is 0 Å². The molecular weight excluding hydrogens is 386 g/mol. The maximum absolute atomic E-state index is 14.3. The zero-order valence-corrected chi connectivity index (χ0v) is 16.2. The van der Waals surface area contributed by atoms with E-state index in [9.17, 15) is 8.78 Å². The van der Waals surface area contributed by atoms with Gasteiger partial charge >= 0.3 is 0 Å². The lowest BCUT2D eigenvalue weighted by molar-refractivity contribution is 0.432. The molecular formula is C23H20F2N4O. The molecule has 0 saturated carbocycles. The Hall–Kier alpha value is -3.45. The summed E-state index contributed by atoms with van der Waals surface area (Å²) in [4.78, 5) is 5.59. The lowest BCUT2D eigenvalue weighted by atomic mass is 10.0. The summed E-state index contributed by atoms with van der Waals surface area (Å²) in [6.45, 7) is 3.98. The van der Waals surface area contributed by atoms with Gasteiger partial charge in [0.25, 0.3) is 0 Å².